The molecule has 0 heterocycles. The van der Waals surface area contributed by atoms with Crippen molar-refractivity contribution >= 4 is 15.9 Å². The average Bonchev–Trinajstić information content (AvgIpc) is 2.18. The van der Waals surface area contributed by atoms with Gasteiger partial charge in [-0.25, -0.2) is 4.39 Å². The van der Waals surface area contributed by atoms with Crippen LogP contribution in [-0.4, -0.2) is 11.9 Å². The van der Waals surface area contributed by atoms with Crippen molar-refractivity contribution in [1.82, 2.24) is 0 Å². The van der Waals surface area contributed by atoms with Gasteiger partial charge in [0, 0.05) is 5.33 Å². The van der Waals surface area contributed by atoms with Crippen LogP contribution in [0.3, 0.4) is 0 Å². The summed E-state index contributed by atoms with van der Waals surface area (Å²) in [7, 11) is 0. The number of rotatable bonds is 5. The van der Waals surface area contributed by atoms with Crippen LogP contribution in [0.25, 0.3) is 0 Å². The highest BCUT2D eigenvalue weighted by Gasteiger charge is 2.04. The maximum absolute atomic E-state index is 12.9. The number of alkyl halides is 1. The maximum atomic E-state index is 12.9. The molecule has 1 aromatic carbocycles. The smallest absolute Gasteiger partial charge is 0.123 e. The van der Waals surface area contributed by atoms with E-state index in [4.69, 9.17) is 4.74 Å². The molecule has 0 amide bonds. The zero-order chi connectivity index (χ0) is 10.4. The second-order valence-electron chi connectivity index (χ2n) is 2.98. The molecule has 0 N–H and O–H groups in total. The Balaban J connectivity index is 2.79. The lowest BCUT2D eigenvalue weighted by Gasteiger charge is -2.09. The predicted molar refractivity (Wildman–Crippen MR) is 59.7 cm³/mol. The fourth-order valence-corrected chi connectivity index (χ4v) is 1.58. The fourth-order valence-electron chi connectivity index (χ4n) is 1.30. The van der Waals surface area contributed by atoms with Crippen molar-refractivity contribution in [3.8, 4) is 5.75 Å². The van der Waals surface area contributed by atoms with Gasteiger partial charge in [0.2, 0.25) is 0 Å². The summed E-state index contributed by atoms with van der Waals surface area (Å²) in [6, 6.07) is 4.68. The summed E-state index contributed by atoms with van der Waals surface area (Å²) in [5.41, 5.74) is 0.950. The van der Waals surface area contributed by atoms with Crippen LogP contribution in [-0.2, 0) is 6.42 Å². The molecular weight excluding hydrogens is 247 g/mol. The number of hydrogen-bond donors (Lipinski definition) is 0. The van der Waals surface area contributed by atoms with Gasteiger partial charge < -0.3 is 4.74 Å². The average molecular weight is 261 g/mol. The van der Waals surface area contributed by atoms with E-state index in [1.165, 1.54) is 6.07 Å². The van der Waals surface area contributed by atoms with Gasteiger partial charge in [0.15, 0.2) is 0 Å². The Kier molecular flexibility index (Phi) is 4.94. The van der Waals surface area contributed by atoms with Crippen LogP contribution < -0.4 is 4.74 Å². The van der Waals surface area contributed by atoms with Crippen LogP contribution in [0.1, 0.15) is 18.9 Å². The van der Waals surface area contributed by atoms with Gasteiger partial charge >= 0.3 is 0 Å². The van der Waals surface area contributed by atoms with Crippen LogP contribution >= 0.6 is 15.9 Å². The Morgan fingerprint density at radius 3 is 2.86 bits per heavy atom. The normalized spacial score (nSPS) is 10.2. The first-order valence-electron chi connectivity index (χ1n) is 4.75. The first-order chi connectivity index (χ1) is 6.77. The minimum absolute atomic E-state index is 0.196. The molecule has 0 saturated carbocycles. The predicted octanol–water partition coefficient (Wildman–Crippen LogP) is 3.55. The van der Waals surface area contributed by atoms with Crippen LogP contribution in [0, 0.1) is 5.82 Å². The molecule has 0 aromatic heterocycles. The second-order valence-corrected chi connectivity index (χ2v) is 3.77. The van der Waals surface area contributed by atoms with Gasteiger partial charge in [-0.05, 0) is 43.5 Å². The van der Waals surface area contributed by atoms with Gasteiger partial charge in [0.1, 0.15) is 11.6 Å². The molecule has 1 nitrogen and oxygen atoms in total. The van der Waals surface area contributed by atoms with E-state index in [1.54, 1.807) is 12.1 Å². The summed E-state index contributed by atoms with van der Waals surface area (Å²) in [6.07, 6.45) is 1.84. The number of hydrogen-bond acceptors (Lipinski definition) is 1. The zero-order valence-electron chi connectivity index (χ0n) is 8.22. The third kappa shape index (κ3) is 3.29. The Bertz CT molecular complexity index is 289. The monoisotopic (exact) mass is 260 g/mol. The third-order valence-electron chi connectivity index (χ3n) is 1.90. The van der Waals surface area contributed by atoms with Crippen molar-refractivity contribution in [1.29, 1.82) is 0 Å². The van der Waals surface area contributed by atoms with E-state index >= 15 is 0 Å². The molecule has 78 valence electrons. The lowest BCUT2D eigenvalue weighted by Crippen LogP contribution is -1.98. The molecule has 0 atom stereocenters. The van der Waals surface area contributed by atoms with Gasteiger partial charge in [-0.3, -0.25) is 0 Å². The minimum Gasteiger partial charge on any atom is -0.494 e. The summed E-state index contributed by atoms with van der Waals surface area (Å²) < 4.78 is 18.4. The second kappa shape index (κ2) is 6.02. The van der Waals surface area contributed by atoms with E-state index in [2.05, 4.69) is 15.9 Å². The molecule has 0 aliphatic heterocycles. The van der Waals surface area contributed by atoms with Crippen LogP contribution in [0.15, 0.2) is 18.2 Å². The van der Waals surface area contributed by atoms with Crippen LogP contribution in [0.2, 0.25) is 0 Å². The van der Waals surface area contributed by atoms with Crippen LogP contribution in [0.5, 0.6) is 5.75 Å². The molecule has 3 heteroatoms. The van der Waals surface area contributed by atoms with Gasteiger partial charge in [-0.2, -0.15) is 0 Å². The fraction of sp³-hybridized carbons (Fsp3) is 0.455. The lowest BCUT2D eigenvalue weighted by molar-refractivity contribution is 0.335. The Labute approximate surface area is 92.4 Å². The third-order valence-corrected chi connectivity index (χ3v) is 2.46. The topological polar surface area (TPSA) is 9.23 Å². The van der Waals surface area contributed by atoms with Crippen molar-refractivity contribution in [3.05, 3.63) is 29.6 Å². The summed E-state index contributed by atoms with van der Waals surface area (Å²) in [5.74, 6) is 0.605. The van der Waals surface area contributed by atoms with Crippen molar-refractivity contribution in [2.24, 2.45) is 0 Å². The van der Waals surface area contributed by atoms with Gasteiger partial charge in [-0.15, -0.1) is 0 Å². The lowest BCUT2D eigenvalue weighted by atomic mass is 10.1. The Morgan fingerprint density at radius 1 is 1.43 bits per heavy atom. The van der Waals surface area contributed by atoms with Crippen molar-refractivity contribution in [3.63, 3.8) is 0 Å². The Hall–Kier alpha value is -0.570. The van der Waals surface area contributed by atoms with Gasteiger partial charge in [0.05, 0.1) is 6.61 Å². The quantitative estimate of drug-likeness (QED) is 0.736. The molecule has 0 unspecified atom stereocenters. The molecule has 0 fully saturated rings. The Morgan fingerprint density at radius 2 is 2.21 bits per heavy atom. The highest BCUT2D eigenvalue weighted by atomic mass is 79.9. The van der Waals surface area contributed by atoms with E-state index in [9.17, 15) is 4.39 Å². The highest BCUT2D eigenvalue weighted by Crippen LogP contribution is 2.21. The molecule has 1 aromatic rings. The number of benzene rings is 1. The van der Waals surface area contributed by atoms with Crippen molar-refractivity contribution in [2.45, 2.75) is 19.8 Å². The van der Waals surface area contributed by atoms with Crippen molar-refractivity contribution in [2.75, 3.05) is 11.9 Å². The van der Waals surface area contributed by atoms with Gasteiger partial charge in [0.25, 0.3) is 0 Å². The van der Waals surface area contributed by atoms with Crippen molar-refractivity contribution < 1.29 is 9.13 Å². The molecule has 0 aliphatic rings. The molecule has 0 aliphatic carbocycles. The van der Waals surface area contributed by atoms with E-state index in [0.29, 0.717) is 6.61 Å². The minimum atomic E-state index is -0.196. The number of halogens is 2. The highest BCUT2D eigenvalue weighted by molar-refractivity contribution is 9.09. The summed E-state index contributed by atoms with van der Waals surface area (Å²) in [5, 5.41) is 0.926. The maximum Gasteiger partial charge on any atom is 0.123 e. The number of aryl methyl sites for hydroxylation is 1. The summed E-state index contributed by atoms with van der Waals surface area (Å²) in [6.45, 7) is 2.55. The molecule has 0 bridgehead atoms. The summed E-state index contributed by atoms with van der Waals surface area (Å²) in [4.78, 5) is 0. The molecule has 1 rings (SSSR count). The molecular formula is C11H14BrFO. The largest absolute Gasteiger partial charge is 0.494 e. The molecule has 0 radical (unpaired) electrons. The molecule has 0 saturated heterocycles. The van der Waals surface area contributed by atoms with E-state index in [0.717, 1.165) is 29.5 Å². The van der Waals surface area contributed by atoms with E-state index in [1.807, 2.05) is 6.92 Å². The number of ether oxygens (including phenoxy) is 1. The van der Waals surface area contributed by atoms with E-state index < -0.39 is 0 Å². The van der Waals surface area contributed by atoms with Crippen LogP contribution in [0.4, 0.5) is 4.39 Å². The van der Waals surface area contributed by atoms with E-state index in [-0.39, 0.29) is 5.82 Å². The van der Waals surface area contributed by atoms with Gasteiger partial charge in [-0.1, -0.05) is 15.9 Å². The SMILES string of the molecule is CCOc1ccc(F)cc1CCCBr. The first-order valence-corrected chi connectivity index (χ1v) is 5.87. The zero-order valence-corrected chi connectivity index (χ0v) is 9.81. The first kappa shape index (κ1) is 11.5. The molecule has 0 spiro atoms. The summed E-state index contributed by atoms with van der Waals surface area (Å²) >= 11 is 3.35. The standard InChI is InChI=1S/C11H14BrFO/c1-2-14-11-6-5-10(13)8-9(11)4-3-7-12/h5-6,8H,2-4,7H2,1H3. The molecule has 14 heavy (non-hydrogen) atoms.